The standard InChI is InChI=1S/C19H19N3O3/c1-3-22(12-18(23)20-17-11-13(2)25-21-17)19(24)16-10-6-8-14-7-4-5-9-15(14)16/h4-11H,3,12H2,1-2H3,(H,20,21,23). The number of amides is 2. The first-order chi connectivity index (χ1) is 12.1. The monoisotopic (exact) mass is 337 g/mol. The molecule has 0 bridgehead atoms. The van der Waals surface area contributed by atoms with Gasteiger partial charge in [0.25, 0.3) is 5.91 Å². The first-order valence-corrected chi connectivity index (χ1v) is 8.08. The molecule has 1 aromatic heterocycles. The second-order valence-electron chi connectivity index (χ2n) is 5.72. The van der Waals surface area contributed by atoms with Crippen LogP contribution >= 0.6 is 0 Å². The molecule has 0 saturated heterocycles. The largest absolute Gasteiger partial charge is 0.360 e. The second-order valence-corrected chi connectivity index (χ2v) is 5.72. The molecule has 6 nitrogen and oxygen atoms in total. The summed E-state index contributed by atoms with van der Waals surface area (Å²) in [6.45, 7) is 3.96. The van der Waals surface area contributed by atoms with E-state index in [9.17, 15) is 9.59 Å². The lowest BCUT2D eigenvalue weighted by molar-refractivity contribution is -0.116. The van der Waals surface area contributed by atoms with Crippen molar-refractivity contribution in [2.45, 2.75) is 13.8 Å². The first kappa shape index (κ1) is 16.7. The van der Waals surface area contributed by atoms with E-state index >= 15 is 0 Å². The average molecular weight is 337 g/mol. The molecule has 0 fully saturated rings. The molecule has 128 valence electrons. The maximum absolute atomic E-state index is 12.9. The highest BCUT2D eigenvalue weighted by Gasteiger charge is 2.19. The lowest BCUT2D eigenvalue weighted by atomic mass is 10.0. The van der Waals surface area contributed by atoms with Crippen molar-refractivity contribution < 1.29 is 14.1 Å². The number of hydrogen-bond acceptors (Lipinski definition) is 4. The zero-order chi connectivity index (χ0) is 17.8. The van der Waals surface area contributed by atoms with Gasteiger partial charge in [-0.1, -0.05) is 41.6 Å². The van der Waals surface area contributed by atoms with Gasteiger partial charge in [-0.25, -0.2) is 0 Å². The minimum Gasteiger partial charge on any atom is -0.360 e. The topological polar surface area (TPSA) is 75.4 Å². The van der Waals surface area contributed by atoms with Gasteiger partial charge in [0.2, 0.25) is 5.91 Å². The van der Waals surface area contributed by atoms with Crippen molar-refractivity contribution in [1.82, 2.24) is 10.1 Å². The number of nitrogens with zero attached hydrogens (tertiary/aromatic N) is 2. The molecule has 25 heavy (non-hydrogen) atoms. The molecule has 2 amide bonds. The molecular formula is C19H19N3O3. The summed E-state index contributed by atoms with van der Waals surface area (Å²) < 4.78 is 4.92. The van der Waals surface area contributed by atoms with Crippen molar-refractivity contribution in [2.24, 2.45) is 0 Å². The number of rotatable bonds is 5. The number of nitrogens with one attached hydrogen (secondary N) is 1. The van der Waals surface area contributed by atoms with Gasteiger partial charge in [-0.3, -0.25) is 9.59 Å². The second kappa shape index (κ2) is 7.17. The summed E-state index contributed by atoms with van der Waals surface area (Å²) in [7, 11) is 0. The molecule has 0 spiro atoms. The van der Waals surface area contributed by atoms with E-state index in [2.05, 4.69) is 10.5 Å². The predicted molar refractivity (Wildman–Crippen MR) is 95.4 cm³/mol. The van der Waals surface area contributed by atoms with Gasteiger partial charge in [0, 0.05) is 18.2 Å². The Morgan fingerprint density at radius 2 is 1.92 bits per heavy atom. The molecule has 0 atom stereocenters. The zero-order valence-corrected chi connectivity index (χ0v) is 14.2. The maximum Gasteiger partial charge on any atom is 0.254 e. The summed E-state index contributed by atoms with van der Waals surface area (Å²) in [6, 6.07) is 14.9. The minimum atomic E-state index is -0.316. The molecule has 3 rings (SSSR count). The van der Waals surface area contributed by atoms with Crippen LogP contribution < -0.4 is 5.32 Å². The summed E-state index contributed by atoms with van der Waals surface area (Å²) in [5, 5.41) is 8.22. The quantitative estimate of drug-likeness (QED) is 0.775. The number of anilines is 1. The van der Waals surface area contributed by atoms with Gasteiger partial charge >= 0.3 is 0 Å². The summed E-state index contributed by atoms with van der Waals surface area (Å²) in [5.74, 6) is 0.458. The first-order valence-electron chi connectivity index (χ1n) is 8.08. The van der Waals surface area contributed by atoms with Gasteiger partial charge in [0.1, 0.15) is 12.3 Å². The Bertz CT molecular complexity index is 912. The fraction of sp³-hybridized carbons (Fsp3) is 0.211. The van der Waals surface area contributed by atoms with E-state index in [4.69, 9.17) is 4.52 Å². The fourth-order valence-electron chi connectivity index (χ4n) is 2.69. The summed E-state index contributed by atoms with van der Waals surface area (Å²) in [6.07, 6.45) is 0. The minimum absolute atomic E-state index is 0.0511. The third kappa shape index (κ3) is 3.68. The number of carbonyl (C=O) groups is 2. The lowest BCUT2D eigenvalue weighted by Gasteiger charge is -2.21. The highest BCUT2D eigenvalue weighted by atomic mass is 16.5. The Morgan fingerprint density at radius 3 is 2.64 bits per heavy atom. The Kier molecular flexibility index (Phi) is 4.79. The molecule has 0 saturated carbocycles. The van der Waals surface area contributed by atoms with E-state index in [0.29, 0.717) is 23.7 Å². The van der Waals surface area contributed by atoms with Gasteiger partial charge in [-0.05, 0) is 30.7 Å². The highest BCUT2D eigenvalue weighted by Crippen LogP contribution is 2.20. The number of aryl methyl sites for hydroxylation is 1. The van der Waals surface area contributed by atoms with Crippen LogP contribution in [0.1, 0.15) is 23.0 Å². The molecule has 0 radical (unpaired) electrons. The SMILES string of the molecule is CCN(CC(=O)Nc1cc(C)on1)C(=O)c1cccc2ccccc12. The number of fused-ring (bicyclic) bond motifs is 1. The Hall–Kier alpha value is -3.15. The van der Waals surface area contributed by atoms with Crippen molar-refractivity contribution in [3.8, 4) is 0 Å². The Morgan fingerprint density at radius 1 is 1.16 bits per heavy atom. The van der Waals surface area contributed by atoms with E-state index < -0.39 is 0 Å². The predicted octanol–water partition coefficient (Wildman–Crippen LogP) is 3.24. The van der Waals surface area contributed by atoms with Gasteiger partial charge in [0.15, 0.2) is 5.82 Å². The molecular weight excluding hydrogens is 318 g/mol. The van der Waals surface area contributed by atoms with Crippen LogP contribution in [0.3, 0.4) is 0 Å². The fourth-order valence-corrected chi connectivity index (χ4v) is 2.69. The molecule has 3 aromatic rings. The van der Waals surface area contributed by atoms with Crippen molar-refractivity contribution in [3.63, 3.8) is 0 Å². The van der Waals surface area contributed by atoms with Crippen LogP contribution in [0.2, 0.25) is 0 Å². The molecule has 1 N–H and O–H groups in total. The van der Waals surface area contributed by atoms with E-state index in [1.165, 1.54) is 4.90 Å². The molecule has 0 aliphatic carbocycles. The third-order valence-electron chi connectivity index (χ3n) is 3.92. The van der Waals surface area contributed by atoms with Crippen LogP contribution in [0.5, 0.6) is 0 Å². The van der Waals surface area contributed by atoms with Crippen molar-refractivity contribution in [1.29, 1.82) is 0 Å². The normalized spacial score (nSPS) is 10.6. The highest BCUT2D eigenvalue weighted by molar-refractivity contribution is 6.08. The van der Waals surface area contributed by atoms with Crippen molar-refractivity contribution >= 4 is 28.4 Å². The van der Waals surface area contributed by atoms with Crippen LogP contribution in [-0.4, -0.2) is 35.0 Å². The van der Waals surface area contributed by atoms with Gasteiger partial charge < -0.3 is 14.7 Å². The van der Waals surface area contributed by atoms with E-state index in [0.717, 1.165) is 10.8 Å². The number of likely N-dealkylation sites (N-methyl/N-ethyl adjacent to an activating group) is 1. The molecule has 0 unspecified atom stereocenters. The molecule has 0 aliphatic rings. The Balaban J connectivity index is 1.77. The number of aromatic nitrogens is 1. The summed E-state index contributed by atoms with van der Waals surface area (Å²) in [4.78, 5) is 26.6. The maximum atomic E-state index is 12.9. The molecule has 6 heteroatoms. The average Bonchev–Trinajstić information content (AvgIpc) is 3.03. The van der Waals surface area contributed by atoms with E-state index in [1.807, 2.05) is 43.3 Å². The molecule has 2 aromatic carbocycles. The van der Waals surface area contributed by atoms with Gasteiger partial charge in [-0.2, -0.15) is 0 Å². The smallest absolute Gasteiger partial charge is 0.254 e. The van der Waals surface area contributed by atoms with Crippen LogP contribution in [0.4, 0.5) is 5.82 Å². The number of hydrogen-bond donors (Lipinski definition) is 1. The summed E-state index contributed by atoms with van der Waals surface area (Å²) >= 11 is 0. The zero-order valence-electron chi connectivity index (χ0n) is 14.2. The van der Waals surface area contributed by atoms with Crippen LogP contribution in [0, 0.1) is 6.92 Å². The van der Waals surface area contributed by atoms with Crippen LogP contribution in [-0.2, 0) is 4.79 Å². The van der Waals surface area contributed by atoms with Crippen molar-refractivity contribution in [2.75, 3.05) is 18.4 Å². The third-order valence-corrected chi connectivity index (χ3v) is 3.92. The molecule has 1 heterocycles. The van der Waals surface area contributed by atoms with Crippen LogP contribution in [0.15, 0.2) is 53.1 Å². The van der Waals surface area contributed by atoms with E-state index in [1.54, 1.807) is 19.1 Å². The van der Waals surface area contributed by atoms with Crippen LogP contribution in [0.25, 0.3) is 10.8 Å². The molecule has 0 aliphatic heterocycles. The summed E-state index contributed by atoms with van der Waals surface area (Å²) in [5.41, 5.74) is 0.588. The van der Waals surface area contributed by atoms with Gasteiger partial charge in [-0.15, -0.1) is 0 Å². The van der Waals surface area contributed by atoms with Crippen molar-refractivity contribution in [3.05, 3.63) is 59.9 Å². The van der Waals surface area contributed by atoms with E-state index in [-0.39, 0.29) is 18.4 Å². The number of benzene rings is 2. The lowest BCUT2D eigenvalue weighted by Crippen LogP contribution is -2.38. The van der Waals surface area contributed by atoms with Gasteiger partial charge in [0.05, 0.1) is 0 Å². The Labute approximate surface area is 145 Å². The number of carbonyl (C=O) groups excluding carboxylic acids is 2.